The fourth-order valence-corrected chi connectivity index (χ4v) is 5.21. The molecule has 208 valence electrons. The minimum absolute atomic E-state index is 0.0882. The molecule has 0 bridgehead atoms. The van der Waals surface area contributed by atoms with Crippen LogP contribution in [0, 0.1) is 11.8 Å². The van der Waals surface area contributed by atoms with Gasteiger partial charge in [0.25, 0.3) is 0 Å². The van der Waals surface area contributed by atoms with Crippen LogP contribution in [0.4, 0.5) is 0 Å². The van der Waals surface area contributed by atoms with Gasteiger partial charge in [-0.3, -0.25) is 0 Å². The quantitative estimate of drug-likeness (QED) is 0.311. The first-order valence-electron chi connectivity index (χ1n) is 13.0. The second-order valence-corrected chi connectivity index (χ2v) is 9.60. The molecule has 1 aliphatic heterocycles. The Balaban J connectivity index is 1.58. The smallest absolute Gasteiger partial charge is 0.161 e. The maximum Gasteiger partial charge on any atom is 0.161 e. The summed E-state index contributed by atoms with van der Waals surface area (Å²) in [5, 5.41) is 11.4. The first-order chi connectivity index (χ1) is 19.0. The first kappa shape index (κ1) is 28.3. The van der Waals surface area contributed by atoms with Gasteiger partial charge in [0.05, 0.1) is 54.4 Å². The zero-order chi connectivity index (χ0) is 27.8. The Bertz CT molecular complexity index is 1260. The molecule has 3 aromatic carbocycles. The van der Waals surface area contributed by atoms with Gasteiger partial charge in [-0.15, -0.1) is 0 Å². The van der Waals surface area contributed by atoms with Crippen molar-refractivity contribution >= 4 is 6.08 Å². The van der Waals surface area contributed by atoms with Crippen LogP contribution in [0.15, 0.2) is 66.7 Å². The summed E-state index contributed by atoms with van der Waals surface area (Å²) < 4.78 is 33.6. The molecule has 3 aromatic rings. The lowest BCUT2D eigenvalue weighted by Crippen LogP contribution is -2.32. The van der Waals surface area contributed by atoms with Gasteiger partial charge >= 0.3 is 0 Å². The molecule has 1 saturated heterocycles. The minimum atomic E-state index is -0.707. The van der Waals surface area contributed by atoms with E-state index in [-0.39, 0.29) is 17.9 Å². The lowest BCUT2D eigenvalue weighted by molar-refractivity contribution is -0.0901. The van der Waals surface area contributed by atoms with Gasteiger partial charge in [-0.25, -0.2) is 0 Å². The first-order valence-corrected chi connectivity index (χ1v) is 13.0. The van der Waals surface area contributed by atoms with Crippen LogP contribution in [-0.2, 0) is 4.74 Å². The highest BCUT2D eigenvalue weighted by molar-refractivity contribution is 5.52. The number of aliphatic hydroxyl groups is 1. The molecule has 0 unspecified atom stereocenters. The number of hydrogen-bond donors (Lipinski definition) is 1. The van der Waals surface area contributed by atoms with Crippen LogP contribution in [0.5, 0.6) is 28.7 Å². The van der Waals surface area contributed by atoms with Crippen LogP contribution >= 0.6 is 0 Å². The summed E-state index contributed by atoms with van der Waals surface area (Å²) in [6, 6.07) is 19.4. The summed E-state index contributed by atoms with van der Waals surface area (Å²) in [4.78, 5) is 0. The average Bonchev–Trinajstić information content (AvgIpc) is 3.00. The van der Waals surface area contributed by atoms with Crippen LogP contribution in [0.3, 0.4) is 0 Å². The van der Waals surface area contributed by atoms with Gasteiger partial charge < -0.3 is 33.5 Å². The number of aliphatic hydroxyl groups excluding tert-OH is 1. The Hall–Kier alpha value is -3.68. The van der Waals surface area contributed by atoms with Gasteiger partial charge in [0.15, 0.2) is 23.0 Å². The molecule has 7 heteroatoms. The zero-order valence-corrected chi connectivity index (χ0v) is 23.3. The van der Waals surface area contributed by atoms with E-state index in [1.165, 1.54) is 0 Å². The number of hydrogen-bond acceptors (Lipinski definition) is 7. The molecule has 0 saturated carbocycles. The number of methoxy groups -OCH3 is 5. The fraction of sp³-hybridized carbons (Fsp3) is 0.375. The van der Waals surface area contributed by atoms with Gasteiger partial charge in [0.1, 0.15) is 5.75 Å². The largest absolute Gasteiger partial charge is 0.497 e. The monoisotopic (exact) mass is 534 g/mol. The standard InChI is InChI=1S/C32H38O7/c1-34-26-11-7-9-21(16-26)8-6-10-23-17-25(31(33)22-12-14-27(35-2)29(18-22)37-4)20-39-32(23)24-13-15-28(36-3)30(19-24)38-5/h6-9,11-16,18-19,23,25,31-33H,10,17,20H2,1-5H3/b8-6+/t23-,25+,31-,32-/m0/s1. The Morgan fingerprint density at radius 1 is 0.821 bits per heavy atom. The third-order valence-electron chi connectivity index (χ3n) is 7.30. The predicted octanol–water partition coefficient (Wildman–Crippen LogP) is 6.26. The van der Waals surface area contributed by atoms with Crippen molar-refractivity contribution < 1.29 is 33.5 Å². The maximum absolute atomic E-state index is 11.4. The fourth-order valence-electron chi connectivity index (χ4n) is 5.21. The molecule has 1 fully saturated rings. The van der Waals surface area contributed by atoms with E-state index in [0.717, 1.165) is 35.3 Å². The highest BCUT2D eigenvalue weighted by atomic mass is 16.5. The van der Waals surface area contributed by atoms with Crippen LogP contribution in [0.1, 0.15) is 41.7 Å². The topological polar surface area (TPSA) is 75.6 Å². The van der Waals surface area contributed by atoms with Gasteiger partial charge in [-0.2, -0.15) is 0 Å². The SMILES string of the molecule is COc1cccc(/C=C/C[C@H]2C[C@@H]([C@@H](O)c3ccc(OC)c(OC)c3)CO[C@@H]2c2ccc(OC)c(OC)c2)c1. The van der Waals surface area contributed by atoms with Crippen molar-refractivity contribution in [3.8, 4) is 28.7 Å². The Labute approximate surface area is 230 Å². The van der Waals surface area contributed by atoms with Gasteiger partial charge in [0, 0.05) is 5.92 Å². The molecular weight excluding hydrogens is 496 g/mol. The van der Waals surface area contributed by atoms with Crippen LogP contribution < -0.4 is 23.7 Å². The number of allylic oxidation sites excluding steroid dienone is 1. The van der Waals surface area contributed by atoms with Crippen LogP contribution in [0.25, 0.3) is 6.08 Å². The van der Waals surface area contributed by atoms with Crippen molar-refractivity contribution in [3.05, 3.63) is 83.4 Å². The predicted molar refractivity (Wildman–Crippen MR) is 151 cm³/mol. The minimum Gasteiger partial charge on any atom is -0.497 e. The molecule has 4 atom stereocenters. The number of rotatable bonds is 11. The van der Waals surface area contributed by atoms with E-state index >= 15 is 0 Å². The highest BCUT2D eigenvalue weighted by Gasteiger charge is 2.36. The number of ether oxygens (including phenoxy) is 6. The van der Waals surface area contributed by atoms with E-state index in [1.807, 2.05) is 60.7 Å². The molecule has 0 radical (unpaired) electrons. The van der Waals surface area contributed by atoms with E-state index < -0.39 is 6.10 Å². The van der Waals surface area contributed by atoms with Crippen molar-refractivity contribution in [3.63, 3.8) is 0 Å². The number of benzene rings is 3. The molecule has 0 amide bonds. The molecule has 1 aliphatic rings. The van der Waals surface area contributed by atoms with Gasteiger partial charge in [-0.1, -0.05) is 36.4 Å². The Kier molecular flexibility index (Phi) is 9.74. The van der Waals surface area contributed by atoms with E-state index in [1.54, 1.807) is 35.5 Å². The summed E-state index contributed by atoms with van der Waals surface area (Å²) in [6.45, 7) is 0.421. The van der Waals surface area contributed by atoms with Crippen molar-refractivity contribution in [2.24, 2.45) is 11.8 Å². The second kappa shape index (κ2) is 13.4. The van der Waals surface area contributed by atoms with E-state index in [0.29, 0.717) is 29.6 Å². The lowest BCUT2D eigenvalue weighted by Gasteiger charge is -2.38. The van der Waals surface area contributed by atoms with Crippen molar-refractivity contribution in [2.45, 2.75) is 25.0 Å². The van der Waals surface area contributed by atoms with Crippen molar-refractivity contribution in [2.75, 3.05) is 42.2 Å². The van der Waals surface area contributed by atoms with E-state index in [9.17, 15) is 5.11 Å². The van der Waals surface area contributed by atoms with Gasteiger partial charge in [0.2, 0.25) is 0 Å². The average molecular weight is 535 g/mol. The summed E-state index contributed by atoms with van der Waals surface area (Å²) in [5.74, 6) is 3.41. The summed E-state index contributed by atoms with van der Waals surface area (Å²) in [6.07, 6.45) is 4.95. The molecule has 39 heavy (non-hydrogen) atoms. The van der Waals surface area contributed by atoms with Crippen molar-refractivity contribution in [1.82, 2.24) is 0 Å². The molecular formula is C32H38O7. The lowest BCUT2D eigenvalue weighted by atomic mass is 9.79. The zero-order valence-electron chi connectivity index (χ0n) is 23.3. The molecule has 0 aromatic heterocycles. The van der Waals surface area contributed by atoms with Gasteiger partial charge in [-0.05, 0) is 71.8 Å². The molecule has 7 nitrogen and oxygen atoms in total. The van der Waals surface area contributed by atoms with E-state index in [2.05, 4.69) is 12.2 Å². The molecule has 1 heterocycles. The Morgan fingerprint density at radius 2 is 1.51 bits per heavy atom. The summed E-state index contributed by atoms with van der Waals surface area (Å²) >= 11 is 0. The molecule has 4 rings (SSSR count). The van der Waals surface area contributed by atoms with Crippen LogP contribution in [0.2, 0.25) is 0 Å². The molecule has 1 N–H and O–H groups in total. The van der Waals surface area contributed by atoms with E-state index in [4.69, 9.17) is 28.4 Å². The van der Waals surface area contributed by atoms with Crippen molar-refractivity contribution in [1.29, 1.82) is 0 Å². The summed E-state index contributed by atoms with van der Waals surface area (Å²) in [7, 11) is 8.12. The summed E-state index contributed by atoms with van der Waals surface area (Å²) in [5.41, 5.74) is 2.86. The highest BCUT2D eigenvalue weighted by Crippen LogP contribution is 2.44. The van der Waals surface area contributed by atoms with Crippen LogP contribution in [-0.4, -0.2) is 47.3 Å². The normalized spacial score (nSPS) is 19.9. The molecule has 0 spiro atoms. The second-order valence-electron chi connectivity index (χ2n) is 9.60. The Morgan fingerprint density at radius 3 is 2.21 bits per heavy atom. The third kappa shape index (κ3) is 6.67. The molecule has 0 aliphatic carbocycles. The third-order valence-corrected chi connectivity index (χ3v) is 7.30. The maximum atomic E-state index is 11.4.